The molecule has 3 rings (SSSR count). The Morgan fingerprint density at radius 3 is 2.67 bits per heavy atom. The van der Waals surface area contributed by atoms with Crippen LogP contribution in [-0.2, 0) is 16.1 Å². The number of tetrazole rings is 1. The minimum atomic E-state index is -3.29. The van der Waals surface area contributed by atoms with Crippen molar-refractivity contribution in [3.63, 3.8) is 0 Å². The van der Waals surface area contributed by atoms with E-state index < -0.39 is 47.0 Å². The Balaban J connectivity index is 2.15. The molecule has 1 unspecified atom stereocenters. The lowest BCUT2D eigenvalue weighted by Gasteiger charge is -2.36. The topological polar surface area (TPSA) is 113 Å². The van der Waals surface area contributed by atoms with Gasteiger partial charge in [0.15, 0.2) is 12.6 Å². The van der Waals surface area contributed by atoms with Crippen LogP contribution < -0.4 is 5.73 Å². The molecule has 1 aliphatic heterocycles. The number of amides is 2. The Hall–Kier alpha value is -2.66. The number of benzene rings is 1. The lowest BCUT2D eigenvalue weighted by Crippen LogP contribution is -2.61. The van der Waals surface area contributed by atoms with Gasteiger partial charge in [0.2, 0.25) is 0 Å². The summed E-state index contributed by atoms with van der Waals surface area (Å²) in [5.41, 5.74) is 5.29. The first-order valence-electron chi connectivity index (χ1n) is 9.12. The van der Waals surface area contributed by atoms with E-state index in [1.807, 2.05) is 0 Å². The monoisotopic (exact) mass is 443 g/mol. The van der Waals surface area contributed by atoms with E-state index >= 15 is 0 Å². The number of hydrogen-bond donors (Lipinski definition) is 1. The average Bonchev–Trinajstić information content (AvgIpc) is 3.20. The molecule has 0 spiro atoms. The van der Waals surface area contributed by atoms with Crippen LogP contribution in [0.1, 0.15) is 32.8 Å². The summed E-state index contributed by atoms with van der Waals surface area (Å²) in [6.45, 7) is 3.59. The molecule has 2 aromatic rings. The van der Waals surface area contributed by atoms with E-state index in [0.29, 0.717) is 16.3 Å². The van der Waals surface area contributed by atoms with Crippen LogP contribution in [0.15, 0.2) is 24.5 Å². The highest BCUT2D eigenvalue weighted by Gasteiger charge is 2.64. The predicted octanol–water partition coefficient (Wildman–Crippen LogP) is 2.46. The number of primary amides is 1. The standard InChI is InChI=1S/C18H21ClF2N6O3/c1-17(2,3)30-16(29)27(9-18(20,21)7-14(27)15(22)28)8-11-6-12(19)4-5-13(11)26-10-23-24-25-26/h4-6,10,14H,7-9H2,1-3H3,(H-,22,28)/p+1/t14-,27?/m0/s1. The molecule has 12 heteroatoms. The van der Waals surface area contributed by atoms with E-state index in [1.165, 1.54) is 17.1 Å². The van der Waals surface area contributed by atoms with Crippen LogP contribution in [0.2, 0.25) is 5.02 Å². The van der Waals surface area contributed by atoms with Gasteiger partial charge in [-0.05, 0) is 49.4 Å². The van der Waals surface area contributed by atoms with Gasteiger partial charge in [0.05, 0.1) is 12.1 Å². The second-order valence-electron chi connectivity index (χ2n) is 8.34. The number of halogens is 3. The first-order chi connectivity index (χ1) is 13.8. The number of hydrogen-bond acceptors (Lipinski definition) is 6. The van der Waals surface area contributed by atoms with Crippen LogP contribution in [0, 0.1) is 0 Å². The van der Waals surface area contributed by atoms with Crippen LogP contribution in [0.4, 0.5) is 13.6 Å². The van der Waals surface area contributed by atoms with E-state index in [-0.39, 0.29) is 6.54 Å². The number of carbonyl (C=O) groups excluding carboxylic acids is 2. The molecule has 9 nitrogen and oxygen atoms in total. The van der Waals surface area contributed by atoms with Gasteiger partial charge in [-0.25, -0.2) is 17.9 Å². The van der Waals surface area contributed by atoms with Crippen molar-refractivity contribution in [2.24, 2.45) is 5.73 Å². The molecule has 1 fully saturated rings. The van der Waals surface area contributed by atoms with Gasteiger partial charge >= 0.3 is 12.0 Å². The Bertz CT molecular complexity index is 963. The molecular formula is C18H22ClF2N6O3+. The Labute approximate surface area is 176 Å². The van der Waals surface area contributed by atoms with Gasteiger partial charge in [-0.15, -0.1) is 5.10 Å². The summed E-state index contributed by atoms with van der Waals surface area (Å²) in [5, 5.41) is 11.3. The number of ether oxygens (including phenoxy) is 1. The Morgan fingerprint density at radius 1 is 1.40 bits per heavy atom. The first kappa shape index (κ1) is 22.0. The van der Waals surface area contributed by atoms with Crippen molar-refractivity contribution in [1.82, 2.24) is 20.2 Å². The molecule has 2 heterocycles. The summed E-state index contributed by atoms with van der Waals surface area (Å²) >= 11 is 6.13. The first-order valence-corrected chi connectivity index (χ1v) is 9.50. The summed E-state index contributed by atoms with van der Waals surface area (Å²) in [7, 11) is 0. The van der Waals surface area contributed by atoms with Crippen molar-refractivity contribution in [1.29, 1.82) is 0 Å². The van der Waals surface area contributed by atoms with Crippen molar-refractivity contribution in [2.45, 2.75) is 51.3 Å². The predicted molar refractivity (Wildman–Crippen MR) is 102 cm³/mol. The van der Waals surface area contributed by atoms with Gasteiger partial charge < -0.3 is 10.5 Å². The second-order valence-corrected chi connectivity index (χ2v) is 8.77. The lowest BCUT2D eigenvalue weighted by atomic mass is 10.1. The van der Waals surface area contributed by atoms with E-state index in [4.69, 9.17) is 22.1 Å². The zero-order valence-electron chi connectivity index (χ0n) is 16.7. The summed E-state index contributed by atoms with van der Waals surface area (Å²) in [5.74, 6) is -4.30. The largest absolute Gasteiger partial charge is 0.517 e. The molecule has 2 amide bonds. The maximum absolute atomic E-state index is 14.5. The lowest BCUT2D eigenvalue weighted by molar-refractivity contribution is -0.878. The molecular weight excluding hydrogens is 422 g/mol. The highest BCUT2D eigenvalue weighted by Crippen LogP contribution is 2.42. The highest BCUT2D eigenvalue weighted by molar-refractivity contribution is 6.30. The molecule has 162 valence electrons. The molecule has 1 saturated heterocycles. The van der Waals surface area contributed by atoms with Gasteiger partial charge in [0, 0.05) is 10.6 Å². The Kier molecular flexibility index (Phi) is 5.54. The van der Waals surface area contributed by atoms with Crippen LogP contribution in [0.25, 0.3) is 5.69 Å². The van der Waals surface area contributed by atoms with Crippen molar-refractivity contribution < 1.29 is 27.6 Å². The third kappa shape index (κ3) is 4.41. The maximum atomic E-state index is 14.5. The SMILES string of the molecule is CC(C)(C)OC(=O)[N+]1(Cc2cc(Cl)ccc2-n2cnnn2)CC(F)(F)C[C@H]1C(N)=O. The van der Waals surface area contributed by atoms with E-state index in [2.05, 4.69) is 15.5 Å². The smallest absolute Gasteiger partial charge is 0.414 e. The van der Waals surface area contributed by atoms with Gasteiger partial charge in [0.1, 0.15) is 18.5 Å². The van der Waals surface area contributed by atoms with Crippen molar-refractivity contribution >= 4 is 23.6 Å². The summed E-state index contributed by atoms with van der Waals surface area (Å²) in [6, 6.07) is 3.20. The fourth-order valence-electron chi connectivity index (χ4n) is 3.64. The molecule has 30 heavy (non-hydrogen) atoms. The molecule has 1 aliphatic rings. The van der Waals surface area contributed by atoms with Crippen LogP contribution in [0.5, 0.6) is 0 Å². The average molecular weight is 444 g/mol. The summed E-state index contributed by atoms with van der Waals surface area (Å²) in [4.78, 5) is 25.3. The fourth-order valence-corrected chi connectivity index (χ4v) is 3.84. The summed E-state index contributed by atoms with van der Waals surface area (Å²) in [6.07, 6.45) is -0.511. The fraction of sp³-hybridized carbons (Fsp3) is 0.500. The number of nitrogens with two attached hydrogens (primary N) is 1. The normalized spacial score (nSPS) is 23.3. The number of rotatable bonds is 4. The number of alkyl halides is 2. The van der Waals surface area contributed by atoms with E-state index in [0.717, 1.165) is 0 Å². The van der Waals surface area contributed by atoms with E-state index in [9.17, 15) is 18.4 Å². The van der Waals surface area contributed by atoms with Crippen LogP contribution in [-0.4, -0.2) is 60.8 Å². The zero-order valence-corrected chi connectivity index (χ0v) is 17.4. The van der Waals surface area contributed by atoms with Gasteiger partial charge in [-0.3, -0.25) is 4.79 Å². The molecule has 1 aromatic carbocycles. The van der Waals surface area contributed by atoms with Gasteiger partial charge in [-0.1, -0.05) is 11.6 Å². The molecule has 2 N–H and O–H groups in total. The van der Waals surface area contributed by atoms with Gasteiger partial charge in [0.25, 0.3) is 5.91 Å². The molecule has 0 saturated carbocycles. The summed E-state index contributed by atoms with van der Waals surface area (Å²) < 4.78 is 34.8. The number of quaternary nitrogens is 1. The molecule has 0 aliphatic carbocycles. The minimum absolute atomic E-state index is 0.311. The molecule has 1 aromatic heterocycles. The van der Waals surface area contributed by atoms with Crippen molar-refractivity contribution in [3.8, 4) is 5.69 Å². The zero-order chi connectivity index (χ0) is 22.3. The van der Waals surface area contributed by atoms with Crippen molar-refractivity contribution in [2.75, 3.05) is 6.54 Å². The molecule has 2 atom stereocenters. The van der Waals surface area contributed by atoms with Crippen molar-refractivity contribution in [3.05, 3.63) is 35.1 Å². The van der Waals surface area contributed by atoms with Gasteiger partial charge in [-0.2, -0.15) is 4.79 Å². The number of aromatic nitrogens is 4. The Morgan fingerprint density at radius 2 is 2.10 bits per heavy atom. The van der Waals surface area contributed by atoms with Crippen LogP contribution >= 0.6 is 11.6 Å². The molecule has 0 radical (unpaired) electrons. The minimum Gasteiger partial charge on any atom is -0.414 e. The molecule has 0 bridgehead atoms. The number of likely N-dealkylation sites (tertiary alicyclic amines) is 1. The van der Waals surface area contributed by atoms with Crippen LogP contribution in [0.3, 0.4) is 0 Å². The second kappa shape index (κ2) is 7.55. The highest BCUT2D eigenvalue weighted by atomic mass is 35.5. The number of nitrogens with zero attached hydrogens (tertiary/aromatic N) is 5. The number of carbonyl (C=O) groups is 2. The van der Waals surface area contributed by atoms with E-state index in [1.54, 1.807) is 32.9 Å². The third-order valence-electron chi connectivity index (χ3n) is 4.78. The third-order valence-corrected chi connectivity index (χ3v) is 5.01. The maximum Gasteiger partial charge on any atom is 0.517 e. The quantitative estimate of drug-likeness (QED) is 0.726.